The molecule has 0 unspecified atom stereocenters. The molecule has 2 amide bonds. The lowest BCUT2D eigenvalue weighted by atomic mass is 9.95. The minimum absolute atomic E-state index is 0.0860. The number of benzene rings is 2. The minimum atomic E-state index is -0.603. The summed E-state index contributed by atoms with van der Waals surface area (Å²) in [6, 6.07) is 18.0. The number of esters is 1. The number of aromatic nitrogens is 2. The average molecular weight is 540 g/mol. The number of anilines is 3. The third kappa shape index (κ3) is 6.31. The summed E-state index contributed by atoms with van der Waals surface area (Å²) in [5, 5.41) is 6.71. The number of carbonyl (C=O) groups excluding carboxylic acids is 3. The summed E-state index contributed by atoms with van der Waals surface area (Å²) in [5.41, 5.74) is 2.93. The van der Waals surface area contributed by atoms with E-state index in [1.807, 2.05) is 39.0 Å². The van der Waals surface area contributed by atoms with Crippen LogP contribution in [-0.4, -0.2) is 46.4 Å². The summed E-state index contributed by atoms with van der Waals surface area (Å²) in [5.74, 6) is -1.01. The highest BCUT2D eigenvalue weighted by Crippen LogP contribution is 2.26. The fourth-order valence-electron chi connectivity index (χ4n) is 4.83. The van der Waals surface area contributed by atoms with Crippen molar-refractivity contribution in [2.75, 3.05) is 28.6 Å². The van der Waals surface area contributed by atoms with Gasteiger partial charge in [-0.05, 0) is 76.1 Å². The number of hydrogen-bond acceptors (Lipinski definition) is 6. The Morgan fingerprint density at radius 1 is 0.950 bits per heavy atom. The lowest BCUT2D eigenvalue weighted by molar-refractivity contribution is -0.120. The van der Waals surface area contributed by atoms with Crippen molar-refractivity contribution in [3.63, 3.8) is 0 Å². The van der Waals surface area contributed by atoms with Crippen molar-refractivity contribution >= 4 is 45.7 Å². The lowest BCUT2D eigenvalue weighted by Crippen LogP contribution is -2.38. The van der Waals surface area contributed by atoms with Crippen molar-refractivity contribution in [2.45, 2.75) is 39.2 Å². The van der Waals surface area contributed by atoms with Crippen LogP contribution in [0.15, 0.2) is 73.1 Å². The van der Waals surface area contributed by atoms with E-state index in [1.54, 1.807) is 54.9 Å². The summed E-state index contributed by atoms with van der Waals surface area (Å²) in [7, 11) is 0. The highest BCUT2D eigenvalue weighted by molar-refractivity contribution is 6.11. The van der Waals surface area contributed by atoms with Crippen LogP contribution in [0, 0.1) is 5.92 Å². The quantitative estimate of drug-likeness (QED) is 0.274. The van der Waals surface area contributed by atoms with Gasteiger partial charge in [-0.1, -0.05) is 18.2 Å². The summed E-state index contributed by atoms with van der Waals surface area (Å²) >= 11 is 0. The lowest BCUT2D eigenvalue weighted by Gasteiger charge is -2.33. The van der Waals surface area contributed by atoms with Gasteiger partial charge in [-0.3, -0.25) is 14.6 Å². The number of fused-ring (bicyclic) bond motifs is 1. The maximum absolute atomic E-state index is 13.2. The molecule has 3 heterocycles. The molecule has 2 aromatic heterocycles. The predicted molar refractivity (Wildman–Crippen MR) is 156 cm³/mol. The van der Waals surface area contributed by atoms with E-state index in [0.29, 0.717) is 28.1 Å². The zero-order valence-electron chi connectivity index (χ0n) is 22.9. The maximum atomic E-state index is 13.2. The van der Waals surface area contributed by atoms with E-state index < -0.39 is 11.6 Å². The number of piperidine rings is 1. The third-order valence-corrected chi connectivity index (χ3v) is 6.82. The topological polar surface area (TPSA) is 116 Å². The van der Waals surface area contributed by atoms with Gasteiger partial charge in [-0.2, -0.15) is 0 Å². The second kappa shape index (κ2) is 11.2. The van der Waals surface area contributed by atoms with Crippen LogP contribution in [0.2, 0.25) is 0 Å². The van der Waals surface area contributed by atoms with Crippen LogP contribution < -0.4 is 15.5 Å². The fraction of sp³-hybridized carbons (Fsp3) is 0.290. The molecule has 0 bridgehead atoms. The average Bonchev–Trinajstić information content (AvgIpc) is 3.37. The zero-order valence-corrected chi connectivity index (χ0v) is 22.9. The number of pyridine rings is 1. The molecule has 3 N–H and O–H groups in total. The molecule has 0 saturated carbocycles. The van der Waals surface area contributed by atoms with Gasteiger partial charge in [0.1, 0.15) is 11.3 Å². The number of carbonyl (C=O) groups is 3. The Balaban J connectivity index is 1.23. The largest absolute Gasteiger partial charge is 0.455 e. The van der Waals surface area contributed by atoms with Gasteiger partial charge in [0.05, 0.1) is 11.3 Å². The number of rotatable bonds is 6. The molecule has 40 heavy (non-hydrogen) atoms. The van der Waals surface area contributed by atoms with E-state index in [4.69, 9.17) is 4.74 Å². The van der Waals surface area contributed by atoms with Gasteiger partial charge in [0.15, 0.2) is 0 Å². The number of nitrogens with one attached hydrogen (secondary N) is 3. The summed E-state index contributed by atoms with van der Waals surface area (Å²) in [4.78, 5) is 48.2. The molecule has 4 aromatic rings. The Hall–Kier alpha value is -4.66. The normalized spacial score (nSPS) is 14.1. The number of para-hydroxylation sites is 1. The highest BCUT2D eigenvalue weighted by atomic mass is 16.6. The molecule has 9 heteroatoms. The standard InChI is InChI=1S/C31H33N5O4/c1-31(2,3)40-30(39)27-18-21-8-9-22(19-26(21)34-27)33-29(38)24-6-4-5-7-25(24)35-28(37)20-12-16-36(17-13-20)23-10-14-32-15-11-23/h4-11,14-15,18-20,34H,12-13,16-17H2,1-3H3,(H,33,38)(H,35,37). The fourth-order valence-corrected chi connectivity index (χ4v) is 4.83. The van der Waals surface area contributed by atoms with Gasteiger partial charge in [-0.15, -0.1) is 0 Å². The minimum Gasteiger partial charge on any atom is -0.455 e. The Kier molecular flexibility index (Phi) is 7.55. The summed E-state index contributed by atoms with van der Waals surface area (Å²) in [6.07, 6.45) is 5.00. The SMILES string of the molecule is CC(C)(C)OC(=O)c1cc2ccc(NC(=O)c3ccccc3NC(=O)C3CCN(c4ccncc4)CC3)cc2[nH]1. The van der Waals surface area contributed by atoms with Gasteiger partial charge >= 0.3 is 5.97 Å². The number of amides is 2. The number of ether oxygens (including phenoxy) is 1. The second-order valence-corrected chi connectivity index (χ2v) is 10.9. The molecule has 1 fully saturated rings. The van der Waals surface area contributed by atoms with E-state index in [1.165, 1.54) is 0 Å². The molecule has 1 saturated heterocycles. The smallest absolute Gasteiger partial charge is 0.355 e. The van der Waals surface area contributed by atoms with Crippen LogP contribution in [0.3, 0.4) is 0 Å². The first-order valence-corrected chi connectivity index (χ1v) is 13.4. The molecule has 2 aromatic carbocycles. The van der Waals surface area contributed by atoms with Gasteiger partial charge in [-0.25, -0.2) is 4.79 Å². The van der Waals surface area contributed by atoms with Crippen LogP contribution in [0.4, 0.5) is 17.1 Å². The van der Waals surface area contributed by atoms with Crippen molar-refractivity contribution in [1.29, 1.82) is 0 Å². The molecule has 9 nitrogen and oxygen atoms in total. The Labute approximate surface area is 232 Å². The van der Waals surface area contributed by atoms with E-state index in [2.05, 4.69) is 25.5 Å². The molecular weight excluding hydrogens is 506 g/mol. The summed E-state index contributed by atoms with van der Waals surface area (Å²) < 4.78 is 5.44. The van der Waals surface area contributed by atoms with Crippen LogP contribution in [-0.2, 0) is 9.53 Å². The van der Waals surface area contributed by atoms with Gasteiger partial charge < -0.3 is 25.3 Å². The molecule has 0 aliphatic carbocycles. The Morgan fingerprint density at radius 2 is 1.68 bits per heavy atom. The van der Waals surface area contributed by atoms with Gasteiger partial charge in [0.2, 0.25) is 5.91 Å². The molecular formula is C31H33N5O4. The van der Waals surface area contributed by atoms with Gasteiger partial charge in [0, 0.05) is 53.7 Å². The highest BCUT2D eigenvalue weighted by Gasteiger charge is 2.26. The van der Waals surface area contributed by atoms with Crippen molar-refractivity contribution in [1.82, 2.24) is 9.97 Å². The van der Waals surface area contributed by atoms with Crippen LogP contribution in [0.1, 0.15) is 54.5 Å². The van der Waals surface area contributed by atoms with E-state index in [-0.39, 0.29) is 17.7 Å². The predicted octanol–water partition coefficient (Wildman–Crippen LogP) is 5.63. The van der Waals surface area contributed by atoms with Crippen molar-refractivity contribution in [2.24, 2.45) is 5.92 Å². The summed E-state index contributed by atoms with van der Waals surface area (Å²) in [6.45, 7) is 7.00. The molecule has 0 spiro atoms. The van der Waals surface area contributed by atoms with Crippen molar-refractivity contribution < 1.29 is 19.1 Å². The molecule has 0 radical (unpaired) electrons. The number of hydrogen-bond donors (Lipinski definition) is 3. The molecule has 5 rings (SSSR count). The van der Waals surface area contributed by atoms with Crippen molar-refractivity contribution in [3.8, 4) is 0 Å². The van der Waals surface area contributed by atoms with E-state index in [9.17, 15) is 14.4 Å². The van der Waals surface area contributed by atoms with E-state index >= 15 is 0 Å². The van der Waals surface area contributed by atoms with Crippen molar-refractivity contribution in [3.05, 3.63) is 84.3 Å². The first kappa shape index (κ1) is 26.9. The molecule has 0 atom stereocenters. The van der Waals surface area contributed by atoms with E-state index in [0.717, 1.165) is 37.0 Å². The molecule has 1 aliphatic rings. The molecule has 1 aliphatic heterocycles. The Morgan fingerprint density at radius 3 is 2.40 bits per heavy atom. The first-order chi connectivity index (χ1) is 19.2. The van der Waals surface area contributed by atoms with Crippen LogP contribution in [0.25, 0.3) is 10.9 Å². The Bertz CT molecular complexity index is 1530. The molecule has 206 valence electrons. The van der Waals surface area contributed by atoms with Crippen LogP contribution >= 0.6 is 0 Å². The van der Waals surface area contributed by atoms with Crippen LogP contribution in [0.5, 0.6) is 0 Å². The maximum Gasteiger partial charge on any atom is 0.355 e. The zero-order chi connectivity index (χ0) is 28.3. The monoisotopic (exact) mass is 539 g/mol. The number of H-pyrrole nitrogens is 1. The number of aromatic amines is 1. The third-order valence-electron chi connectivity index (χ3n) is 6.82. The second-order valence-electron chi connectivity index (χ2n) is 10.9. The number of nitrogens with zero attached hydrogens (tertiary/aromatic N) is 2. The van der Waals surface area contributed by atoms with Gasteiger partial charge in [0.25, 0.3) is 5.91 Å². The first-order valence-electron chi connectivity index (χ1n) is 13.4.